The number of halogens is 1. The Balaban J connectivity index is 1.96. The highest BCUT2D eigenvalue weighted by molar-refractivity contribution is 5.58. The van der Waals surface area contributed by atoms with E-state index in [0.717, 1.165) is 6.07 Å². The van der Waals surface area contributed by atoms with Gasteiger partial charge in [-0.25, -0.2) is 9.37 Å². The fraction of sp³-hybridized carbons (Fsp3) is 0.105. The number of hydrogen-bond acceptors (Lipinski definition) is 6. The molecule has 0 saturated carbocycles. The van der Waals surface area contributed by atoms with Crippen molar-refractivity contribution in [3.05, 3.63) is 75.7 Å². The number of nitrogens with zero attached hydrogens (tertiary/aromatic N) is 4. The van der Waals surface area contributed by atoms with Crippen LogP contribution in [0, 0.1) is 27.3 Å². The first kappa shape index (κ1) is 17.9. The van der Waals surface area contributed by atoms with Crippen molar-refractivity contribution in [3.63, 3.8) is 0 Å². The standard InChI is InChI=1S/C19H13FN4O3/c1-2-14-10-18(27-17-8-3-12(11-21)9-16(17)20)23-19(22-14)13-4-6-15(7-5-13)24(25)26/h3-10H,2H2,1H3. The maximum Gasteiger partial charge on any atom is 0.269 e. The van der Waals surface area contributed by atoms with Crippen LogP contribution in [-0.2, 0) is 6.42 Å². The summed E-state index contributed by atoms with van der Waals surface area (Å²) < 4.78 is 19.6. The number of nitriles is 1. The Hall–Kier alpha value is -3.86. The van der Waals surface area contributed by atoms with Crippen LogP contribution in [0.5, 0.6) is 11.6 Å². The minimum Gasteiger partial charge on any atom is -0.436 e. The van der Waals surface area contributed by atoms with E-state index in [-0.39, 0.29) is 22.9 Å². The second-order valence-corrected chi connectivity index (χ2v) is 5.54. The normalized spacial score (nSPS) is 10.3. The largest absolute Gasteiger partial charge is 0.436 e. The lowest BCUT2D eigenvalue weighted by Crippen LogP contribution is -1.99. The fourth-order valence-electron chi connectivity index (χ4n) is 2.33. The number of nitro benzene ring substituents is 1. The zero-order valence-corrected chi connectivity index (χ0v) is 14.2. The lowest BCUT2D eigenvalue weighted by atomic mass is 10.2. The number of nitro groups is 1. The maximum atomic E-state index is 14.1. The van der Waals surface area contributed by atoms with Crippen molar-refractivity contribution in [2.24, 2.45) is 0 Å². The fourth-order valence-corrected chi connectivity index (χ4v) is 2.33. The molecule has 0 amide bonds. The van der Waals surface area contributed by atoms with Gasteiger partial charge in [0.15, 0.2) is 17.4 Å². The Morgan fingerprint density at radius 1 is 1.19 bits per heavy atom. The molecule has 8 heteroatoms. The SMILES string of the molecule is CCc1cc(Oc2ccc(C#N)cc2F)nc(-c2ccc([N+](=O)[O-])cc2)n1. The van der Waals surface area contributed by atoms with Gasteiger partial charge in [-0.2, -0.15) is 10.2 Å². The van der Waals surface area contributed by atoms with Crippen LogP contribution < -0.4 is 4.74 Å². The molecule has 1 aromatic heterocycles. The van der Waals surface area contributed by atoms with E-state index < -0.39 is 10.7 Å². The lowest BCUT2D eigenvalue weighted by molar-refractivity contribution is -0.384. The molecule has 0 bridgehead atoms. The van der Waals surface area contributed by atoms with Crippen LogP contribution in [-0.4, -0.2) is 14.9 Å². The summed E-state index contributed by atoms with van der Waals surface area (Å²) in [6.45, 7) is 1.90. The Morgan fingerprint density at radius 2 is 1.93 bits per heavy atom. The molecule has 0 fully saturated rings. The molecule has 0 aliphatic rings. The van der Waals surface area contributed by atoms with Crippen molar-refractivity contribution in [1.82, 2.24) is 9.97 Å². The van der Waals surface area contributed by atoms with E-state index >= 15 is 0 Å². The molecule has 0 saturated heterocycles. The third kappa shape index (κ3) is 4.04. The Kier molecular flexibility index (Phi) is 5.04. The molecular formula is C19H13FN4O3. The molecule has 0 unspecified atom stereocenters. The third-order valence-corrected chi connectivity index (χ3v) is 3.73. The van der Waals surface area contributed by atoms with Crippen molar-refractivity contribution in [2.75, 3.05) is 0 Å². The van der Waals surface area contributed by atoms with Crippen molar-refractivity contribution in [2.45, 2.75) is 13.3 Å². The molecular weight excluding hydrogens is 351 g/mol. The number of benzene rings is 2. The molecule has 0 aliphatic carbocycles. The number of aryl methyl sites for hydroxylation is 1. The molecule has 0 atom stereocenters. The zero-order valence-electron chi connectivity index (χ0n) is 14.2. The first-order chi connectivity index (χ1) is 13.0. The summed E-state index contributed by atoms with van der Waals surface area (Å²) in [5.74, 6) is -0.292. The maximum absolute atomic E-state index is 14.1. The van der Waals surface area contributed by atoms with E-state index in [2.05, 4.69) is 9.97 Å². The summed E-state index contributed by atoms with van der Waals surface area (Å²) in [5, 5.41) is 19.6. The summed E-state index contributed by atoms with van der Waals surface area (Å²) in [5.41, 5.74) is 1.38. The topological polar surface area (TPSA) is 102 Å². The van der Waals surface area contributed by atoms with Gasteiger partial charge in [-0.05, 0) is 36.8 Å². The van der Waals surface area contributed by atoms with E-state index in [0.29, 0.717) is 23.5 Å². The Bertz CT molecular complexity index is 1050. The zero-order chi connectivity index (χ0) is 19.4. The van der Waals surface area contributed by atoms with Gasteiger partial charge < -0.3 is 4.74 Å². The van der Waals surface area contributed by atoms with Crippen LogP contribution in [0.1, 0.15) is 18.2 Å². The minimum absolute atomic E-state index is 0.0403. The lowest BCUT2D eigenvalue weighted by Gasteiger charge is -2.09. The molecule has 27 heavy (non-hydrogen) atoms. The molecule has 3 rings (SSSR count). The number of hydrogen-bond donors (Lipinski definition) is 0. The summed E-state index contributed by atoms with van der Waals surface area (Å²) in [4.78, 5) is 19.0. The number of aromatic nitrogens is 2. The molecule has 7 nitrogen and oxygen atoms in total. The summed E-state index contributed by atoms with van der Waals surface area (Å²) in [7, 11) is 0. The van der Waals surface area contributed by atoms with Gasteiger partial charge in [-0.3, -0.25) is 10.1 Å². The van der Waals surface area contributed by atoms with E-state index in [1.165, 1.54) is 24.3 Å². The van der Waals surface area contributed by atoms with E-state index in [1.54, 1.807) is 18.2 Å². The van der Waals surface area contributed by atoms with Crippen molar-refractivity contribution in [1.29, 1.82) is 5.26 Å². The highest BCUT2D eigenvalue weighted by Crippen LogP contribution is 2.27. The summed E-state index contributed by atoms with van der Waals surface area (Å²) in [6.07, 6.45) is 0.592. The summed E-state index contributed by atoms with van der Waals surface area (Å²) in [6, 6.07) is 13.1. The van der Waals surface area contributed by atoms with Crippen molar-refractivity contribution >= 4 is 5.69 Å². The second-order valence-electron chi connectivity index (χ2n) is 5.54. The Morgan fingerprint density at radius 3 is 2.52 bits per heavy atom. The van der Waals surface area contributed by atoms with Gasteiger partial charge in [0.1, 0.15) is 0 Å². The number of ether oxygens (including phenoxy) is 1. The van der Waals surface area contributed by atoms with Gasteiger partial charge in [-0.1, -0.05) is 6.92 Å². The quantitative estimate of drug-likeness (QED) is 0.490. The first-order valence-electron chi connectivity index (χ1n) is 8.00. The van der Waals surface area contributed by atoms with Crippen molar-refractivity contribution in [3.8, 4) is 29.1 Å². The third-order valence-electron chi connectivity index (χ3n) is 3.73. The molecule has 1 heterocycles. The van der Waals surface area contributed by atoms with Crippen LogP contribution in [0.15, 0.2) is 48.5 Å². The van der Waals surface area contributed by atoms with Gasteiger partial charge in [0.05, 0.1) is 16.6 Å². The molecule has 0 aliphatic heterocycles. The summed E-state index contributed by atoms with van der Waals surface area (Å²) >= 11 is 0. The number of rotatable bonds is 5. The van der Waals surface area contributed by atoms with Crippen molar-refractivity contribution < 1.29 is 14.1 Å². The predicted octanol–water partition coefficient (Wildman–Crippen LogP) is 4.42. The first-order valence-corrected chi connectivity index (χ1v) is 8.00. The average Bonchev–Trinajstić information content (AvgIpc) is 2.69. The number of non-ortho nitro benzene ring substituents is 1. The van der Waals surface area contributed by atoms with E-state index in [1.807, 2.05) is 13.0 Å². The van der Waals surface area contributed by atoms with Crippen LogP contribution in [0.4, 0.5) is 10.1 Å². The molecule has 0 spiro atoms. The Labute approximate surface area is 153 Å². The minimum atomic E-state index is -0.678. The van der Waals surface area contributed by atoms with Gasteiger partial charge in [-0.15, -0.1) is 0 Å². The average molecular weight is 364 g/mol. The monoisotopic (exact) mass is 364 g/mol. The highest BCUT2D eigenvalue weighted by atomic mass is 19.1. The predicted molar refractivity (Wildman–Crippen MR) is 94.7 cm³/mol. The molecule has 2 aromatic carbocycles. The van der Waals surface area contributed by atoms with Crippen LogP contribution in [0.3, 0.4) is 0 Å². The van der Waals surface area contributed by atoms with Gasteiger partial charge >= 0.3 is 0 Å². The van der Waals surface area contributed by atoms with E-state index in [9.17, 15) is 14.5 Å². The molecule has 0 N–H and O–H groups in total. The van der Waals surface area contributed by atoms with E-state index in [4.69, 9.17) is 10.00 Å². The molecule has 3 aromatic rings. The van der Waals surface area contributed by atoms with Crippen LogP contribution in [0.25, 0.3) is 11.4 Å². The second kappa shape index (κ2) is 7.58. The van der Waals surface area contributed by atoms with Crippen LogP contribution >= 0.6 is 0 Å². The molecule has 0 radical (unpaired) electrons. The van der Waals surface area contributed by atoms with Gasteiger partial charge in [0.2, 0.25) is 5.88 Å². The van der Waals surface area contributed by atoms with Gasteiger partial charge in [0, 0.05) is 29.5 Å². The highest BCUT2D eigenvalue weighted by Gasteiger charge is 2.12. The smallest absolute Gasteiger partial charge is 0.269 e. The molecule has 134 valence electrons. The van der Waals surface area contributed by atoms with Crippen LogP contribution in [0.2, 0.25) is 0 Å². The van der Waals surface area contributed by atoms with Gasteiger partial charge in [0.25, 0.3) is 5.69 Å².